The van der Waals surface area contributed by atoms with Crippen LogP contribution in [-0.2, 0) is 16.3 Å². The van der Waals surface area contributed by atoms with Gasteiger partial charge in [-0.25, -0.2) is 8.42 Å². The van der Waals surface area contributed by atoms with E-state index in [0.717, 1.165) is 19.3 Å². The lowest BCUT2D eigenvalue weighted by molar-refractivity contribution is 0.463. The van der Waals surface area contributed by atoms with Crippen molar-refractivity contribution in [2.75, 3.05) is 11.5 Å². The van der Waals surface area contributed by atoms with Crippen molar-refractivity contribution in [3.8, 4) is 0 Å². The average molecular weight is 224 g/mol. The van der Waals surface area contributed by atoms with Gasteiger partial charge in [-0.2, -0.15) is 0 Å². The lowest BCUT2D eigenvalue weighted by Crippen LogP contribution is -2.24. The molecule has 0 spiro atoms. The Morgan fingerprint density at radius 2 is 1.67 bits per heavy atom. The Kier molecular flexibility index (Phi) is 3.10. The number of hydrogen-bond donors (Lipinski definition) is 0. The first-order chi connectivity index (χ1) is 7.16. The Balaban J connectivity index is 1.93. The molecule has 1 saturated heterocycles. The quantitative estimate of drug-likeness (QED) is 0.770. The minimum Gasteiger partial charge on any atom is -0.229 e. The zero-order valence-corrected chi connectivity index (χ0v) is 9.54. The molecular weight excluding hydrogens is 208 g/mol. The van der Waals surface area contributed by atoms with E-state index in [1.54, 1.807) is 0 Å². The lowest BCUT2D eigenvalue weighted by atomic mass is 9.94. The molecule has 1 heterocycles. The maximum Gasteiger partial charge on any atom is 0.150 e. The van der Waals surface area contributed by atoms with E-state index in [0.29, 0.717) is 17.4 Å². The second kappa shape index (κ2) is 4.35. The van der Waals surface area contributed by atoms with Crippen molar-refractivity contribution in [3.05, 3.63) is 35.9 Å². The van der Waals surface area contributed by atoms with Gasteiger partial charge in [0.1, 0.15) is 9.84 Å². The number of hydrogen-bond acceptors (Lipinski definition) is 2. The molecular formula is C12H16O2S. The molecule has 0 saturated carbocycles. The molecule has 2 nitrogen and oxygen atoms in total. The summed E-state index contributed by atoms with van der Waals surface area (Å²) in [6, 6.07) is 10.3. The summed E-state index contributed by atoms with van der Waals surface area (Å²) in [7, 11) is -2.71. The molecule has 0 N–H and O–H groups in total. The fourth-order valence-corrected chi connectivity index (χ4v) is 3.68. The van der Waals surface area contributed by atoms with E-state index < -0.39 is 9.84 Å². The van der Waals surface area contributed by atoms with E-state index in [2.05, 4.69) is 12.1 Å². The largest absolute Gasteiger partial charge is 0.229 e. The molecule has 2 rings (SSSR count). The third-order valence-electron chi connectivity index (χ3n) is 3.04. The van der Waals surface area contributed by atoms with E-state index in [-0.39, 0.29) is 0 Å². The van der Waals surface area contributed by atoms with Crippen LogP contribution < -0.4 is 0 Å². The summed E-state index contributed by atoms with van der Waals surface area (Å²) in [5.41, 5.74) is 1.32. The van der Waals surface area contributed by atoms with Crippen LogP contribution in [0.5, 0.6) is 0 Å². The third kappa shape index (κ3) is 3.06. The van der Waals surface area contributed by atoms with Crippen LogP contribution in [0.1, 0.15) is 18.4 Å². The van der Waals surface area contributed by atoms with Gasteiger partial charge in [-0.1, -0.05) is 30.3 Å². The zero-order chi connectivity index (χ0) is 10.7. The van der Waals surface area contributed by atoms with Crippen molar-refractivity contribution >= 4 is 9.84 Å². The SMILES string of the molecule is O=S1(=O)CCC(Cc2ccccc2)CC1. The molecule has 1 aliphatic rings. The lowest BCUT2D eigenvalue weighted by Gasteiger charge is -2.21. The summed E-state index contributed by atoms with van der Waals surface area (Å²) < 4.78 is 22.5. The highest BCUT2D eigenvalue weighted by Gasteiger charge is 2.23. The first-order valence-corrected chi connectivity index (χ1v) is 7.22. The standard InChI is InChI=1S/C12H16O2S/c13-15(14)8-6-12(7-9-15)10-11-4-2-1-3-5-11/h1-5,12H,6-10H2. The van der Waals surface area contributed by atoms with Gasteiger partial charge in [0.15, 0.2) is 0 Å². The fourth-order valence-electron chi connectivity index (χ4n) is 2.09. The summed E-state index contributed by atoms with van der Waals surface area (Å²) in [6.07, 6.45) is 2.69. The molecule has 15 heavy (non-hydrogen) atoms. The molecule has 0 radical (unpaired) electrons. The van der Waals surface area contributed by atoms with Crippen molar-refractivity contribution in [2.24, 2.45) is 5.92 Å². The maximum absolute atomic E-state index is 11.2. The van der Waals surface area contributed by atoms with Crippen molar-refractivity contribution in [3.63, 3.8) is 0 Å². The third-order valence-corrected chi connectivity index (χ3v) is 4.76. The van der Waals surface area contributed by atoms with Crippen LogP contribution in [0.25, 0.3) is 0 Å². The van der Waals surface area contributed by atoms with Crippen LogP contribution in [0.3, 0.4) is 0 Å². The molecule has 82 valence electrons. The molecule has 0 bridgehead atoms. The van der Waals surface area contributed by atoms with E-state index in [4.69, 9.17) is 0 Å². The second-order valence-electron chi connectivity index (χ2n) is 4.28. The number of rotatable bonds is 2. The predicted octanol–water partition coefficient (Wildman–Crippen LogP) is 2.05. The molecule has 1 aromatic rings. The number of benzene rings is 1. The highest BCUT2D eigenvalue weighted by atomic mass is 32.2. The Labute approximate surface area is 91.2 Å². The zero-order valence-electron chi connectivity index (χ0n) is 8.72. The Morgan fingerprint density at radius 1 is 1.07 bits per heavy atom. The highest BCUT2D eigenvalue weighted by Crippen LogP contribution is 2.22. The van der Waals surface area contributed by atoms with Crippen molar-refractivity contribution in [1.29, 1.82) is 0 Å². The van der Waals surface area contributed by atoms with E-state index in [1.165, 1.54) is 5.56 Å². The molecule has 0 aliphatic carbocycles. The first kappa shape index (κ1) is 10.7. The topological polar surface area (TPSA) is 34.1 Å². The van der Waals surface area contributed by atoms with Gasteiger partial charge >= 0.3 is 0 Å². The molecule has 3 heteroatoms. The van der Waals surface area contributed by atoms with Crippen molar-refractivity contribution in [2.45, 2.75) is 19.3 Å². The maximum atomic E-state index is 11.2. The van der Waals surface area contributed by atoms with Gasteiger partial charge in [-0.3, -0.25) is 0 Å². The molecule has 0 amide bonds. The van der Waals surface area contributed by atoms with E-state index >= 15 is 0 Å². The minimum atomic E-state index is -2.71. The van der Waals surface area contributed by atoms with Crippen LogP contribution in [0, 0.1) is 5.92 Å². The number of sulfone groups is 1. The first-order valence-electron chi connectivity index (χ1n) is 5.40. The summed E-state index contributed by atoms with van der Waals surface area (Å²) in [4.78, 5) is 0. The summed E-state index contributed by atoms with van der Waals surface area (Å²) in [6.45, 7) is 0. The monoisotopic (exact) mass is 224 g/mol. The molecule has 1 aromatic carbocycles. The summed E-state index contributed by atoms with van der Waals surface area (Å²) in [5.74, 6) is 1.31. The average Bonchev–Trinajstić information content (AvgIpc) is 2.23. The highest BCUT2D eigenvalue weighted by molar-refractivity contribution is 7.91. The molecule has 0 atom stereocenters. The smallest absolute Gasteiger partial charge is 0.150 e. The van der Waals surface area contributed by atoms with Crippen molar-refractivity contribution in [1.82, 2.24) is 0 Å². The van der Waals surface area contributed by atoms with Crippen LogP contribution in [0.15, 0.2) is 30.3 Å². The minimum absolute atomic E-state index is 0.379. The molecule has 0 unspecified atom stereocenters. The Bertz CT molecular complexity index is 395. The van der Waals surface area contributed by atoms with Crippen LogP contribution in [0.2, 0.25) is 0 Å². The van der Waals surface area contributed by atoms with Gasteiger partial charge in [-0.05, 0) is 30.7 Å². The molecule has 1 aliphatic heterocycles. The van der Waals surface area contributed by atoms with Gasteiger partial charge < -0.3 is 0 Å². The predicted molar refractivity (Wildman–Crippen MR) is 61.5 cm³/mol. The van der Waals surface area contributed by atoms with Crippen LogP contribution >= 0.6 is 0 Å². The summed E-state index contributed by atoms with van der Waals surface area (Å²) in [5, 5.41) is 0. The summed E-state index contributed by atoms with van der Waals surface area (Å²) >= 11 is 0. The Morgan fingerprint density at radius 3 is 2.27 bits per heavy atom. The van der Waals surface area contributed by atoms with Gasteiger partial charge in [0.25, 0.3) is 0 Å². The van der Waals surface area contributed by atoms with Crippen LogP contribution in [-0.4, -0.2) is 19.9 Å². The van der Waals surface area contributed by atoms with Gasteiger partial charge in [0, 0.05) is 0 Å². The Hall–Kier alpha value is -0.830. The van der Waals surface area contributed by atoms with E-state index in [1.807, 2.05) is 18.2 Å². The van der Waals surface area contributed by atoms with Gasteiger partial charge in [0.2, 0.25) is 0 Å². The van der Waals surface area contributed by atoms with E-state index in [9.17, 15) is 8.42 Å². The second-order valence-corrected chi connectivity index (χ2v) is 6.59. The van der Waals surface area contributed by atoms with Crippen molar-refractivity contribution < 1.29 is 8.42 Å². The van der Waals surface area contributed by atoms with Gasteiger partial charge in [0.05, 0.1) is 11.5 Å². The normalized spacial score (nSPS) is 21.3. The molecule has 0 aromatic heterocycles. The van der Waals surface area contributed by atoms with Crippen LogP contribution in [0.4, 0.5) is 0 Å². The molecule has 1 fully saturated rings. The fraction of sp³-hybridized carbons (Fsp3) is 0.500. The van der Waals surface area contributed by atoms with Gasteiger partial charge in [-0.15, -0.1) is 0 Å².